The number of nitrogens with two attached hydrogens (primary N) is 1. The molecule has 0 aromatic carbocycles. The maximum absolute atomic E-state index is 6.25. The molecule has 1 saturated heterocycles. The van der Waals surface area contributed by atoms with Crippen LogP contribution in [0.25, 0.3) is 0 Å². The van der Waals surface area contributed by atoms with Gasteiger partial charge in [-0.2, -0.15) is 0 Å². The smallest absolute Gasteiger partial charge is 0.0359 e. The number of hydrogen-bond donors (Lipinski definition) is 1. The SMILES string of the molecule is CC(C)C1CCN(C2(CN)CCCC(C)C2C)C1. The van der Waals surface area contributed by atoms with Gasteiger partial charge in [-0.05, 0) is 43.1 Å². The lowest BCUT2D eigenvalue weighted by atomic mass is 9.67. The van der Waals surface area contributed by atoms with Crippen LogP contribution in [0.1, 0.15) is 53.4 Å². The minimum atomic E-state index is 0.307. The standard InChI is InChI=1S/C16H32N2/c1-12(2)15-7-9-18(10-15)16(11-17)8-5-6-13(3)14(16)4/h12-15H,5-11,17H2,1-4H3. The molecule has 1 aliphatic carbocycles. The maximum atomic E-state index is 6.25. The van der Waals surface area contributed by atoms with E-state index in [1.807, 2.05) is 0 Å². The van der Waals surface area contributed by atoms with E-state index in [-0.39, 0.29) is 0 Å². The molecule has 18 heavy (non-hydrogen) atoms. The molecule has 2 N–H and O–H groups in total. The van der Waals surface area contributed by atoms with E-state index >= 15 is 0 Å². The van der Waals surface area contributed by atoms with Crippen LogP contribution in [-0.4, -0.2) is 30.1 Å². The highest BCUT2D eigenvalue weighted by atomic mass is 15.2. The Morgan fingerprint density at radius 1 is 1.28 bits per heavy atom. The summed E-state index contributed by atoms with van der Waals surface area (Å²) in [6.45, 7) is 13.0. The maximum Gasteiger partial charge on any atom is 0.0359 e. The molecule has 1 heterocycles. The van der Waals surface area contributed by atoms with Crippen molar-refractivity contribution in [2.45, 2.75) is 58.9 Å². The van der Waals surface area contributed by atoms with E-state index < -0.39 is 0 Å². The summed E-state index contributed by atoms with van der Waals surface area (Å²) >= 11 is 0. The predicted octanol–water partition coefficient (Wildman–Crippen LogP) is 3.12. The molecular weight excluding hydrogens is 220 g/mol. The van der Waals surface area contributed by atoms with Crippen molar-refractivity contribution in [1.29, 1.82) is 0 Å². The Bertz CT molecular complexity index is 276. The summed E-state index contributed by atoms with van der Waals surface area (Å²) in [5.74, 6) is 3.29. The van der Waals surface area contributed by atoms with Crippen LogP contribution in [0, 0.1) is 23.7 Å². The molecule has 2 rings (SSSR count). The third-order valence-electron chi connectivity index (χ3n) is 6.12. The van der Waals surface area contributed by atoms with Crippen LogP contribution in [0.3, 0.4) is 0 Å². The Labute approximate surface area is 113 Å². The molecule has 0 radical (unpaired) electrons. The predicted molar refractivity (Wildman–Crippen MR) is 78.5 cm³/mol. The van der Waals surface area contributed by atoms with Crippen molar-refractivity contribution < 1.29 is 0 Å². The second-order valence-corrected chi connectivity index (χ2v) is 7.20. The van der Waals surface area contributed by atoms with E-state index in [0.29, 0.717) is 5.54 Å². The summed E-state index contributed by atoms with van der Waals surface area (Å²) in [6, 6.07) is 0. The van der Waals surface area contributed by atoms with Gasteiger partial charge in [0, 0.05) is 18.6 Å². The van der Waals surface area contributed by atoms with E-state index in [1.54, 1.807) is 0 Å². The Morgan fingerprint density at radius 2 is 2.00 bits per heavy atom. The second kappa shape index (κ2) is 5.50. The zero-order valence-corrected chi connectivity index (χ0v) is 12.8. The van der Waals surface area contributed by atoms with Crippen LogP contribution < -0.4 is 5.73 Å². The molecule has 1 saturated carbocycles. The molecule has 2 heteroatoms. The van der Waals surface area contributed by atoms with E-state index in [0.717, 1.165) is 30.2 Å². The van der Waals surface area contributed by atoms with Crippen LogP contribution >= 0.6 is 0 Å². The highest BCUT2D eigenvalue weighted by Crippen LogP contribution is 2.43. The molecule has 0 spiro atoms. The summed E-state index contributed by atoms with van der Waals surface area (Å²) in [6.07, 6.45) is 5.45. The fourth-order valence-electron chi connectivity index (χ4n) is 4.34. The van der Waals surface area contributed by atoms with E-state index in [4.69, 9.17) is 5.73 Å². The van der Waals surface area contributed by atoms with Gasteiger partial charge in [0.25, 0.3) is 0 Å². The number of nitrogens with zero attached hydrogens (tertiary/aromatic N) is 1. The first-order chi connectivity index (χ1) is 8.51. The first-order valence-corrected chi connectivity index (χ1v) is 7.96. The van der Waals surface area contributed by atoms with Gasteiger partial charge in [0.15, 0.2) is 0 Å². The lowest BCUT2D eigenvalue weighted by molar-refractivity contribution is 0.00128. The monoisotopic (exact) mass is 252 g/mol. The average molecular weight is 252 g/mol. The van der Waals surface area contributed by atoms with Gasteiger partial charge in [-0.1, -0.05) is 40.5 Å². The summed E-state index contributed by atoms with van der Waals surface area (Å²) < 4.78 is 0. The Hall–Kier alpha value is -0.0800. The van der Waals surface area contributed by atoms with Crippen molar-refractivity contribution in [3.8, 4) is 0 Å². The molecule has 106 valence electrons. The van der Waals surface area contributed by atoms with Crippen LogP contribution in [0.4, 0.5) is 0 Å². The van der Waals surface area contributed by atoms with Crippen LogP contribution in [0.15, 0.2) is 0 Å². The highest BCUT2D eigenvalue weighted by Gasteiger charge is 2.47. The molecule has 2 fully saturated rings. The number of hydrogen-bond acceptors (Lipinski definition) is 2. The zero-order valence-electron chi connectivity index (χ0n) is 12.8. The van der Waals surface area contributed by atoms with Crippen LogP contribution in [0.5, 0.6) is 0 Å². The topological polar surface area (TPSA) is 29.3 Å². The number of likely N-dealkylation sites (tertiary alicyclic amines) is 1. The fraction of sp³-hybridized carbons (Fsp3) is 1.00. The highest BCUT2D eigenvalue weighted by molar-refractivity contribution is 5.02. The van der Waals surface area contributed by atoms with E-state index in [9.17, 15) is 0 Å². The van der Waals surface area contributed by atoms with Crippen LogP contribution in [-0.2, 0) is 0 Å². The van der Waals surface area contributed by atoms with Crippen molar-refractivity contribution in [3.05, 3.63) is 0 Å². The van der Waals surface area contributed by atoms with Gasteiger partial charge < -0.3 is 5.73 Å². The molecule has 4 unspecified atom stereocenters. The Kier molecular flexibility index (Phi) is 4.38. The summed E-state index contributed by atoms with van der Waals surface area (Å²) in [4.78, 5) is 2.76. The zero-order chi connectivity index (χ0) is 13.3. The third kappa shape index (κ3) is 2.34. The second-order valence-electron chi connectivity index (χ2n) is 7.20. The van der Waals surface area contributed by atoms with Crippen molar-refractivity contribution in [1.82, 2.24) is 4.90 Å². The summed E-state index contributed by atoms with van der Waals surface area (Å²) in [7, 11) is 0. The van der Waals surface area contributed by atoms with Gasteiger partial charge in [-0.15, -0.1) is 0 Å². The third-order valence-corrected chi connectivity index (χ3v) is 6.12. The van der Waals surface area contributed by atoms with Gasteiger partial charge in [0.05, 0.1) is 0 Å². The average Bonchev–Trinajstić information content (AvgIpc) is 2.83. The summed E-state index contributed by atoms with van der Waals surface area (Å²) in [5.41, 5.74) is 6.56. The minimum absolute atomic E-state index is 0.307. The quantitative estimate of drug-likeness (QED) is 0.836. The first kappa shape index (κ1) is 14.3. The van der Waals surface area contributed by atoms with E-state index in [1.165, 1.54) is 38.8 Å². The van der Waals surface area contributed by atoms with Gasteiger partial charge in [0.2, 0.25) is 0 Å². The van der Waals surface area contributed by atoms with E-state index in [2.05, 4.69) is 32.6 Å². The van der Waals surface area contributed by atoms with Crippen molar-refractivity contribution in [3.63, 3.8) is 0 Å². The largest absolute Gasteiger partial charge is 0.329 e. The lowest BCUT2D eigenvalue weighted by Crippen LogP contribution is -2.60. The fourth-order valence-corrected chi connectivity index (χ4v) is 4.34. The van der Waals surface area contributed by atoms with Gasteiger partial charge in [0.1, 0.15) is 0 Å². The van der Waals surface area contributed by atoms with Gasteiger partial charge in [-0.25, -0.2) is 0 Å². The molecule has 0 bridgehead atoms. The molecule has 1 aliphatic heterocycles. The first-order valence-electron chi connectivity index (χ1n) is 7.96. The van der Waals surface area contributed by atoms with Crippen molar-refractivity contribution in [2.24, 2.45) is 29.4 Å². The minimum Gasteiger partial charge on any atom is -0.329 e. The number of rotatable bonds is 3. The molecule has 4 atom stereocenters. The van der Waals surface area contributed by atoms with Crippen LogP contribution in [0.2, 0.25) is 0 Å². The molecule has 2 aliphatic rings. The lowest BCUT2D eigenvalue weighted by Gasteiger charge is -2.51. The van der Waals surface area contributed by atoms with Gasteiger partial charge in [-0.3, -0.25) is 4.90 Å². The molecule has 2 nitrogen and oxygen atoms in total. The summed E-state index contributed by atoms with van der Waals surface area (Å²) in [5, 5.41) is 0. The molecule has 0 amide bonds. The van der Waals surface area contributed by atoms with Gasteiger partial charge >= 0.3 is 0 Å². The van der Waals surface area contributed by atoms with Crippen molar-refractivity contribution in [2.75, 3.05) is 19.6 Å². The molecular formula is C16H32N2. The normalized spacial score (nSPS) is 42.7. The molecule has 0 aromatic rings. The molecule has 0 aromatic heterocycles. The van der Waals surface area contributed by atoms with Crippen molar-refractivity contribution >= 4 is 0 Å². The Balaban J connectivity index is 2.13. The Morgan fingerprint density at radius 3 is 2.56 bits per heavy atom.